The molecule has 1 heterocycles. The lowest BCUT2D eigenvalue weighted by Crippen LogP contribution is -2.61. The van der Waals surface area contributed by atoms with E-state index in [1.54, 1.807) is 7.11 Å². The second-order valence-electron chi connectivity index (χ2n) is 6.60. The van der Waals surface area contributed by atoms with Gasteiger partial charge in [-0.1, -0.05) is 18.6 Å². The average Bonchev–Trinajstić information content (AvgIpc) is 2.63. The number of hydrogen-bond donors (Lipinski definition) is 1. The lowest BCUT2D eigenvalue weighted by atomic mass is 9.84. The average molecular weight is 322 g/mol. The second-order valence-corrected chi connectivity index (χ2v) is 6.60. The van der Waals surface area contributed by atoms with Crippen LogP contribution in [0, 0.1) is 0 Å². The first-order chi connectivity index (χ1) is 11.7. The van der Waals surface area contributed by atoms with Crippen molar-refractivity contribution in [2.24, 2.45) is 0 Å². The zero-order valence-electron chi connectivity index (χ0n) is 13.9. The molecular formula is C20H22N2O2. The number of ether oxygens (including phenoxy) is 1. The van der Waals surface area contributed by atoms with Gasteiger partial charge in [-0.05, 0) is 62.1 Å². The molecule has 2 aliphatic rings. The Morgan fingerprint density at radius 2 is 1.71 bits per heavy atom. The van der Waals surface area contributed by atoms with Crippen molar-refractivity contribution in [3.63, 3.8) is 0 Å². The normalized spacial score (nSPS) is 18.9. The van der Waals surface area contributed by atoms with Gasteiger partial charge in [-0.2, -0.15) is 0 Å². The van der Waals surface area contributed by atoms with Crippen LogP contribution in [0.5, 0.6) is 5.75 Å². The van der Waals surface area contributed by atoms with Crippen LogP contribution in [-0.2, 0) is 0 Å². The Kier molecular flexibility index (Phi) is 3.68. The Morgan fingerprint density at radius 3 is 2.42 bits per heavy atom. The van der Waals surface area contributed by atoms with Crippen LogP contribution < -0.4 is 15.0 Å². The van der Waals surface area contributed by atoms with Crippen LogP contribution in [-0.4, -0.2) is 18.7 Å². The van der Waals surface area contributed by atoms with Crippen LogP contribution in [0.3, 0.4) is 0 Å². The molecule has 1 saturated carbocycles. The van der Waals surface area contributed by atoms with Crippen LogP contribution in [0.25, 0.3) is 0 Å². The van der Waals surface area contributed by atoms with Crippen molar-refractivity contribution in [2.75, 3.05) is 17.3 Å². The maximum absolute atomic E-state index is 13.3. The van der Waals surface area contributed by atoms with Crippen molar-refractivity contribution in [1.82, 2.24) is 0 Å². The summed E-state index contributed by atoms with van der Waals surface area (Å²) >= 11 is 0. The van der Waals surface area contributed by atoms with E-state index >= 15 is 0 Å². The Bertz CT molecular complexity index is 748. The Labute approximate surface area is 142 Å². The lowest BCUT2D eigenvalue weighted by molar-refractivity contribution is 0.0938. The van der Waals surface area contributed by atoms with Crippen molar-refractivity contribution in [3.05, 3.63) is 54.1 Å². The third-order valence-corrected chi connectivity index (χ3v) is 5.17. The van der Waals surface area contributed by atoms with Gasteiger partial charge >= 0.3 is 0 Å². The highest BCUT2D eigenvalue weighted by atomic mass is 16.5. The number of anilines is 2. The van der Waals surface area contributed by atoms with Gasteiger partial charge in [0.15, 0.2) is 0 Å². The molecule has 2 aromatic rings. The summed E-state index contributed by atoms with van der Waals surface area (Å²) < 4.78 is 5.26. The standard InChI is InChI=1S/C20H22N2O2/c1-24-16-11-9-15(10-12-16)22-19(23)17-7-3-4-8-18(17)21-20(22)13-5-2-6-14-20/h3-4,7-12,21H,2,5-6,13-14H2,1H3. The molecule has 0 saturated heterocycles. The Morgan fingerprint density at radius 1 is 1.00 bits per heavy atom. The van der Waals surface area contributed by atoms with Gasteiger partial charge in [0.1, 0.15) is 11.4 Å². The summed E-state index contributed by atoms with van der Waals surface area (Å²) in [5.74, 6) is 0.880. The number of amides is 1. The molecule has 1 fully saturated rings. The third-order valence-electron chi connectivity index (χ3n) is 5.17. The van der Waals surface area contributed by atoms with Crippen molar-refractivity contribution in [3.8, 4) is 5.75 Å². The smallest absolute Gasteiger partial charge is 0.262 e. The molecule has 0 aromatic heterocycles. The minimum Gasteiger partial charge on any atom is -0.497 e. The molecule has 1 N–H and O–H groups in total. The Balaban J connectivity index is 1.82. The monoisotopic (exact) mass is 322 g/mol. The maximum Gasteiger partial charge on any atom is 0.262 e. The van der Waals surface area contributed by atoms with Crippen molar-refractivity contribution in [2.45, 2.75) is 37.8 Å². The van der Waals surface area contributed by atoms with Crippen LogP contribution in [0.4, 0.5) is 11.4 Å². The summed E-state index contributed by atoms with van der Waals surface area (Å²) in [7, 11) is 1.65. The van der Waals surface area contributed by atoms with E-state index in [2.05, 4.69) is 5.32 Å². The number of benzene rings is 2. The van der Waals surface area contributed by atoms with Gasteiger partial charge in [0.2, 0.25) is 0 Å². The molecule has 4 rings (SSSR count). The number of nitrogens with one attached hydrogen (secondary N) is 1. The fourth-order valence-corrected chi connectivity index (χ4v) is 3.98. The number of hydrogen-bond acceptors (Lipinski definition) is 3. The largest absolute Gasteiger partial charge is 0.497 e. The highest BCUT2D eigenvalue weighted by Crippen LogP contribution is 2.43. The van der Waals surface area contributed by atoms with Gasteiger partial charge in [-0.15, -0.1) is 0 Å². The van der Waals surface area contributed by atoms with Gasteiger partial charge in [0.05, 0.1) is 12.7 Å². The number of nitrogens with zero attached hydrogens (tertiary/aromatic N) is 1. The molecule has 0 atom stereocenters. The predicted octanol–water partition coefficient (Wildman–Crippen LogP) is 4.43. The summed E-state index contributed by atoms with van der Waals surface area (Å²) in [5, 5.41) is 3.69. The van der Waals surface area contributed by atoms with E-state index < -0.39 is 0 Å². The van der Waals surface area contributed by atoms with Gasteiger partial charge < -0.3 is 10.1 Å². The molecule has 124 valence electrons. The van der Waals surface area contributed by atoms with Crippen LogP contribution in [0.15, 0.2) is 48.5 Å². The van der Waals surface area contributed by atoms with E-state index in [4.69, 9.17) is 4.74 Å². The number of para-hydroxylation sites is 1. The van der Waals surface area contributed by atoms with Crippen LogP contribution >= 0.6 is 0 Å². The van der Waals surface area contributed by atoms with Crippen molar-refractivity contribution < 1.29 is 9.53 Å². The van der Waals surface area contributed by atoms with E-state index in [1.807, 2.05) is 53.4 Å². The summed E-state index contributed by atoms with van der Waals surface area (Å²) in [6.07, 6.45) is 5.44. The number of carbonyl (C=O) groups excluding carboxylic acids is 1. The first kappa shape index (κ1) is 15.1. The summed E-state index contributed by atoms with van der Waals surface area (Å²) in [5.41, 5.74) is 2.29. The molecule has 1 aliphatic carbocycles. The lowest BCUT2D eigenvalue weighted by Gasteiger charge is -2.50. The van der Waals surface area contributed by atoms with E-state index in [0.29, 0.717) is 0 Å². The van der Waals surface area contributed by atoms with Gasteiger partial charge in [-0.25, -0.2) is 0 Å². The fraction of sp³-hybridized carbons (Fsp3) is 0.350. The predicted molar refractivity (Wildman–Crippen MR) is 95.7 cm³/mol. The van der Waals surface area contributed by atoms with E-state index in [-0.39, 0.29) is 11.6 Å². The Hall–Kier alpha value is -2.49. The van der Waals surface area contributed by atoms with Gasteiger partial charge in [0.25, 0.3) is 5.91 Å². The minimum atomic E-state index is -0.321. The highest BCUT2D eigenvalue weighted by molar-refractivity contribution is 6.12. The first-order valence-electron chi connectivity index (χ1n) is 8.59. The second kappa shape index (κ2) is 5.86. The number of carbonyl (C=O) groups is 1. The molecule has 0 radical (unpaired) electrons. The maximum atomic E-state index is 13.3. The summed E-state index contributed by atoms with van der Waals surface area (Å²) in [6.45, 7) is 0. The number of methoxy groups -OCH3 is 1. The SMILES string of the molecule is COc1ccc(N2C(=O)c3ccccc3NC23CCCCC3)cc1. The van der Waals surface area contributed by atoms with Crippen molar-refractivity contribution >= 4 is 17.3 Å². The summed E-state index contributed by atoms with van der Waals surface area (Å²) in [4.78, 5) is 15.3. The highest BCUT2D eigenvalue weighted by Gasteiger charge is 2.45. The quantitative estimate of drug-likeness (QED) is 0.889. The molecule has 1 amide bonds. The molecular weight excluding hydrogens is 300 g/mol. The molecule has 2 aromatic carbocycles. The van der Waals surface area contributed by atoms with Gasteiger partial charge in [-0.3, -0.25) is 9.69 Å². The van der Waals surface area contributed by atoms with Crippen LogP contribution in [0.2, 0.25) is 0 Å². The van der Waals surface area contributed by atoms with E-state index in [9.17, 15) is 4.79 Å². The minimum absolute atomic E-state index is 0.0800. The number of fused-ring (bicyclic) bond motifs is 1. The van der Waals surface area contributed by atoms with Crippen LogP contribution in [0.1, 0.15) is 42.5 Å². The number of rotatable bonds is 2. The molecule has 1 aliphatic heterocycles. The summed E-state index contributed by atoms with van der Waals surface area (Å²) in [6, 6.07) is 15.6. The van der Waals surface area contributed by atoms with E-state index in [1.165, 1.54) is 6.42 Å². The third kappa shape index (κ3) is 2.33. The van der Waals surface area contributed by atoms with Crippen molar-refractivity contribution in [1.29, 1.82) is 0 Å². The molecule has 4 nitrogen and oxygen atoms in total. The molecule has 0 unspecified atom stereocenters. The molecule has 4 heteroatoms. The molecule has 1 spiro atoms. The van der Waals surface area contributed by atoms with Gasteiger partial charge in [0, 0.05) is 11.4 Å². The first-order valence-corrected chi connectivity index (χ1v) is 8.59. The molecule has 24 heavy (non-hydrogen) atoms. The topological polar surface area (TPSA) is 41.6 Å². The molecule has 0 bridgehead atoms. The van der Waals surface area contributed by atoms with E-state index in [0.717, 1.165) is 48.4 Å². The zero-order chi connectivity index (χ0) is 16.6. The zero-order valence-corrected chi connectivity index (χ0v) is 13.9. The fourth-order valence-electron chi connectivity index (χ4n) is 3.98.